The molecule has 1 aliphatic rings. The van der Waals surface area contributed by atoms with Crippen molar-refractivity contribution in [1.29, 1.82) is 0 Å². The normalized spacial score (nSPS) is 21.3. The smallest absolute Gasteiger partial charge is 0.226 e. The van der Waals surface area contributed by atoms with Gasteiger partial charge in [0.1, 0.15) is 0 Å². The summed E-state index contributed by atoms with van der Waals surface area (Å²) in [5, 5.41) is 0. The molecule has 0 heterocycles. The molecular formula is C16H25ClN2O. The first-order valence-corrected chi connectivity index (χ1v) is 7.29. The SMILES string of the molecule is CCCN(Cc1ccccc1)C(=O)C1CCC(N)C1.Cl. The minimum atomic E-state index is 0. The second-order valence-electron chi connectivity index (χ2n) is 5.52. The van der Waals surface area contributed by atoms with E-state index in [1.165, 1.54) is 5.56 Å². The zero-order chi connectivity index (χ0) is 13.7. The number of nitrogens with two attached hydrogens (primary N) is 1. The summed E-state index contributed by atoms with van der Waals surface area (Å²) in [5.74, 6) is 0.434. The second kappa shape index (κ2) is 8.28. The fourth-order valence-electron chi connectivity index (χ4n) is 2.84. The first-order valence-electron chi connectivity index (χ1n) is 7.29. The Morgan fingerprint density at radius 3 is 2.55 bits per heavy atom. The summed E-state index contributed by atoms with van der Waals surface area (Å²) in [6.45, 7) is 3.67. The first-order chi connectivity index (χ1) is 9.20. The maximum atomic E-state index is 12.6. The summed E-state index contributed by atoms with van der Waals surface area (Å²) < 4.78 is 0. The summed E-state index contributed by atoms with van der Waals surface area (Å²) in [6.07, 6.45) is 3.79. The standard InChI is InChI=1S/C16H24N2O.ClH/c1-2-10-18(12-13-6-4-3-5-7-13)16(19)14-8-9-15(17)11-14;/h3-7,14-15H,2,8-12,17H2,1H3;1H. The van der Waals surface area contributed by atoms with Crippen molar-refractivity contribution < 1.29 is 4.79 Å². The Kier molecular flexibility index (Phi) is 7.03. The monoisotopic (exact) mass is 296 g/mol. The Labute approximate surface area is 127 Å². The Balaban J connectivity index is 0.00000200. The molecule has 1 saturated carbocycles. The highest BCUT2D eigenvalue weighted by atomic mass is 35.5. The number of amides is 1. The van der Waals surface area contributed by atoms with Gasteiger partial charge in [-0.1, -0.05) is 37.3 Å². The number of carbonyl (C=O) groups excluding carboxylic acids is 1. The van der Waals surface area contributed by atoms with Crippen molar-refractivity contribution in [3.63, 3.8) is 0 Å². The molecule has 3 nitrogen and oxygen atoms in total. The minimum absolute atomic E-state index is 0. The number of carbonyl (C=O) groups is 1. The van der Waals surface area contributed by atoms with Crippen molar-refractivity contribution in [2.45, 2.75) is 45.2 Å². The average Bonchev–Trinajstić information content (AvgIpc) is 2.85. The molecule has 0 spiro atoms. The van der Waals surface area contributed by atoms with Gasteiger partial charge in [0.2, 0.25) is 5.91 Å². The van der Waals surface area contributed by atoms with Crippen LogP contribution >= 0.6 is 12.4 Å². The van der Waals surface area contributed by atoms with E-state index in [0.29, 0.717) is 5.91 Å². The van der Waals surface area contributed by atoms with E-state index >= 15 is 0 Å². The van der Waals surface area contributed by atoms with E-state index in [-0.39, 0.29) is 24.4 Å². The van der Waals surface area contributed by atoms with Gasteiger partial charge >= 0.3 is 0 Å². The Morgan fingerprint density at radius 2 is 2.00 bits per heavy atom. The van der Waals surface area contributed by atoms with Crippen molar-refractivity contribution in [3.8, 4) is 0 Å². The van der Waals surface area contributed by atoms with Gasteiger partial charge in [-0.25, -0.2) is 0 Å². The third-order valence-electron chi connectivity index (χ3n) is 3.84. The molecule has 20 heavy (non-hydrogen) atoms. The molecule has 2 rings (SSSR count). The lowest BCUT2D eigenvalue weighted by atomic mass is 10.1. The molecule has 0 bridgehead atoms. The van der Waals surface area contributed by atoms with Crippen molar-refractivity contribution in [1.82, 2.24) is 4.90 Å². The van der Waals surface area contributed by atoms with Crippen LogP contribution in [0, 0.1) is 5.92 Å². The van der Waals surface area contributed by atoms with Gasteiger partial charge in [0.25, 0.3) is 0 Å². The van der Waals surface area contributed by atoms with Crippen LogP contribution in [0.1, 0.15) is 38.2 Å². The van der Waals surface area contributed by atoms with Crippen LogP contribution < -0.4 is 5.73 Å². The molecule has 1 aromatic carbocycles. The quantitative estimate of drug-likeness (QED) is 0.908. The van der Waals surface area contributed by atoms with Crippen molar-refractivity contribution in [2.75, 3.05) is 6.54 Å². The van der Waals surface area contributed by atoms with Crippen LogP contribution in [-0.4, -0.2) is 23.4 Å². The van der Waals surface area contributed by atoms with Crippen LogP contribution in [0.5, 0.6) is 0 Å². The average molecular weight is 297 g/mol. The van der Waals surface area contributed by atoms with Gasteiger partial charge in [-0.2, -0.15) is 0 Å². The lowest BCUT2D eigenvalue weighted by Gasteiger charge is -2.25. The molecule has 4 heteroatoms. The zero-order valence-electron chi connectivity index (χ0n) is 12.1. The highest BCUT2D eigenvalue weighted by molar-refractivity contribution is 5.85. The summed E-state index contributed by atoms with van der Waals surface area (Å²) in [6, 6.07) is 10.4. The van der Waals surface area contributed by atoms with Gasteiger partial charge in [-0.15, -0.1) is 12.4 Å². The Morgan fingerprint density at radius 1 is 1.30 bits per heavy atom. The van der Waals surface area contributed by atoms with Gasteiger partial charge in [-0.3, -0.25) is 4.79 Å². The summed E-state index contributed by atoms with van der Waals surface area (Å²) in [7, 11) is 0. The van der Waals surface area contributed by atoms with E-state index in [4.69, 9.17) is 5.73 Å². The Bertz CT molecular complexity index is 410. The second-order valence-corrected chi connectivity index (χ2v) is 5.52. The number of benzene rings is 1. The molecule has 0 aromatic heterocycles. The largest absolute Gasteiger partial charge is 0.338 e. The van der Waals surface area contributed by atoms with Gasteiger partial charge in [0, 0.05) is 25.0 Å². The maximum Gasteiger partial charge on any atom is 0.226 e. The number of hydrogen-bond donors (Lipinski definition) is 1. The first kappa shape index (κ1) is 17.0. The summed E-state index contributed by atoms with van der Waals surface area (Å²) in [5.41, 5.74) is 7.12. The van der Waals surface area contributed by atoms with Gasteiger partial charge < -0.3 is 10.6 Å². The lowest BCUT2D eigenvalue weighted by molar-refractivity contribution is -0.136. The molecule has 1 amide bonds. The van der Waals surface area contributed by atoms with Crippen LogP contribution in [0.15, 0.2) is 30.3 Å². The molecule has 1 aromatic rings. The highest BCUT2D eigenvalue weighted by Crippen LogP contribution is 2.26. The third-order valence-corrected chi connectivity index (χ3v) is 3.84. The molecule has 2 N–H and O–H groups in total. The van der Waals surface area contributed by atoms with E-state index in [1.807, 2.05) is 23.1 Å². The van der Waals surface area contributed by atoms with Crippen LogP contribution in [0.4, 0.5) is 0 Å². The van der Waals surface area contributed by atoms with Crippen LogP contribution in [-0.2, 0) is 11.3 Å². The molecule has 2 atom stereocenters. The van der Waals surface area contributed by atoms with E-state index in [2.05, 4.69) is 19.1 Å². The maximum absolute atomic E-state index is 12.6. The molecule has 0 aliphatic heterocycles. The molecule has 1 fully saturated rings. The van der Waals surface area contributed by atoms with E-state index in [9.17, 15) is 4.79 Å². The molecule has 2 unspecified atom stereocenters. The van der Waals surface area contributed by atoms with Crippen LogP contribution in [0.25, 0.3) is 0 Å². The minimum Gasteiger partial charge on any atom is -0.338 e. The van der Waals surface area contributed by atoms with E-state index < -0.39 is 0 Å². The van der Waals surface area contributed by atoms with Gasteiger partial charge in [-0.05, 0) is 31.2 Å². The fourth-order valence-corrected chi connectivity index (χ4v) is 2.84. The van der Waals surface area contributed by atoms with Crippen molar-refractivity contribution in [3.05, 3.63) is 35.9 Å². The fraction of sp³-hybridized carbons (Fsp3) is 0.562. The lowest BCUT2D eigenvalue weighted by Crippen LogP contribution is -2.36. The molecule has 0 radical (unpaired) electrons. The highest BCUT2D eigenvalue weighted by Gasteiger charge is 2.30. The predicted octanol–water partition coefficient (Wildman–Crippen LogP) is 2.97. The van der Waals surface area contributed by atoms with Crippen LogP contribution in [0.2, 0.25) is 0 Å². The molecule has 112 valence electrons. The topological polar surface area (TPSA) is 46.3 Å². The van der Waals surface area contributed by atoms with Crippen molar-refractivity contribution in [2.24, 2.45) is 11.7 Å². The van der Waals surface area contributed by atoms with E-state index in [0.717, 1.165) is 38.8 Å². The number of halogens is 1. The van der Waals surface area contributed by atoms with E-state index in [1.54, 1.807) is 0 Å². The molecular weight excluding hydrogens is 272 g/mol. The number of nitrogens with zero attached hydrogens (tertiary/aromatic N) is 1. The van der Waals surface area contributed by atoms with Gasteiger partial charge in [0.15, 0.2) is 0 Å². The van der Waals surface area contributed by atoms with Gasteiger partial charge in [0.05, 0.1) is 0 Å². The van der Waals surface area contributed by atoms with Crippen molar-refractivity contribution >= 4 is 18.3 Å². The number of hydrogen-bond acceptors (Lipinski definition) is 2. The summed E-state index contributed by atoms with van der Waals surface area (Å²) >= 11 is 0. The Hall–Kier alpha value is -1.06. The van der Waals surface area contributed by atoms with Crippen LogP contribution in [0.3, 0.4) is 0 Å². The zero-order valence-corrected chi connectivity index (χ0v) is 12.9. The third kappa shape index (κ3) is 4.50. The number of rotatable bonds is 5. The molecule has 0 saturated heterocycles. The predicted molar refractivity (Wildman–Crippen MR) is 84.7 cm³/mol. The molecule has 1 aliphatic carbocycles. The summed E-state index contributed by atoms with van der Waals surface area (Å²) in [4.78, 5) is 14.6.